The third-order valence-corrected chi connectivity index (χ3v) is 3.34. The van der Waals surface area contributed by atoms with Crippen molar-refractivity contribution in [3.05, 3.63) is 23.5 Å². The van der Waals surface area contributed by atoms with E-state index in [1.807, 2.05) is 0 Å². The molecule has 0 saturated carbocycles. The minimum absolute atomic E-state index is 0.466. The van der Waals surface area contributed by atoms with Crippen molar-refractivity contribution in [2.45, 2.75) is 11.0 Å². The third-order valence-electron chi connectivity index (χ3n) is 2.23. The van der Waals surface area contributed by atoms with Gasteiger partial charge < -0.3 is 14.9 Å². The number of aromatic hydroxyl groups is 1. The molecular weight excluding hydrogens is 267 g/mol. The van der Waals surface area contributed by atoms with E-state index in [2.05, 4.69) is 4.74 Å². The standard InChI is InChI=1S/C10H11FO6S/c1-17-10(14)9(13)5-3-4-6(18(2,15)16)7(11)8(5)12/h3-4,9,12-13H,1-2H3. The van der Waals surface area contributed by atoms with Gasteiger partial charge in [0, 0.05) is 11.8 Å². The van der Waals surface area contributed by atoms with E-state index in [1.165, 1.54) is 0 Å². The summed E-state index contributed by atoms with van der Waals surface area (Å²) in [6.45, 7) is 0. The highest BCUT2D eigenvalue weighted by molar-refractivity contribution is 7.90. The van der Waals surface area contributed by atoms with Crippen LogP contribution in [0.15, 0.2) is 17.0 Å². The number of rotatable bonds is 3. The molecule has 0 aromatic heterocycles. The van der Waals surface area contributed by atoms with Crippen LogP contribution in [0.25, 0.3) is 0 Å². The van der Waals surface area contributed by atoms with Crippen molar-refractivity contribution in [1.82, 2.24) is 0 Å². The third kappa shape index (κ3) is 2.59. The van der Waals surface area contributed by atoms with Crippen molar-refractivity contribution < 1.29 is 32.6 Å². The molecule has 2 N–H and O–H groups in total. The van der Waals surface area contributed by atoms with Crippen LogP contribution < -0.4 is 0 Å². The van der Waals surface area contributed by atoms with Crippen molar-refractivity contribution in [2.24, 2.45) is 0 Å². The molecule has 0 aliphatic carbocycles. The molecule has 0 saturated heterocycles. The summed E-state index contributed by atoms with van der Waals surface area (Å²) in [5, 5.41) is 18.9. The maximum atomic E-state index is 13.6. The number of esters is 1. The number of halogens is 1. The lowest BCUT2D eigenvalue weighted by atomic mass is 10.1. The van der Waals surface area contributed by atoms with E-state index >= 15 is 0 Å². The summed E-state index contributed by atoms with van der Waals surface area (Å²) >= 11 is 0. The number of benzene rings is 1. The number of methoxy groups -OCH3 is 1. The van der Waals surface area contributed by atoms with Crippen molar-refractivity contribution in [1.29, 1.82) is 0 Å². The molecule has 18 heavy (non-hydrogen) atoms. The molecule has 100 valence electrons. The van der Waals surface area contributed by atoms with Crippen LogP contribution in [0.4, 0.5) is 4.39 Å². The van der Waals surface area contributed by atoms with Gasteiger partial charge in [-0.1, -0.05) is 6.07 Å². The number of carbonyl (C=O) groups is 1. The molecule has 0 heterocycles. The molecule has 8 heteroatoms. The van der Waals surface area contributed by atoms with Gasteiger partial charge in [0.1, 0.15) is 4.90 Å². The van der Waals surface area contributed by atoms with Crippen molar-refractivity contribution >= 4 is 15.8 Å². The summed E-state index contributed by atoms with van der Waals surface area (Å²) in [5.41, 5.74) is -0.466. The van der Waals surface area contributed by atoms with E-state index < -0.39 is 43.9 Å². The first kappa shape index (κ1) is 14.4. The van der Waals surface area contributed by atoms with Crippen molar-refractivity contribution in [3.63, 3.8) is 0 Å². The van der Waals surface area contributed by atoms with Gasteiger partial charge in [0.2, 0.25) is 0 Å². The average Bonchev–Trinajstić information content (AvgIpc) is 2.29. The quantitative estimate of drug-likeness (QED) is 0.763. The van der Waals surface area contributed by atoms with Crippen LogP contribution in [0.3, 0.4) is 0 Å². The molecule has 0 bridgehead atoms. The molecule has 1 unspecified atom stereocenters. The Kier molecular flexibility index (Phi) is 3.92. The summed E-state index contributed by atoms with van der Waals surface area (Å²) < 4.78 is 40.2. The van der Waals surface area contributed by atoms with Gasteiger partial charge in [-0.3, -0.25) is 0 Å². The number of sulfone groups is 1. The van der Waals surface area contributed by atoms with Crippen LogP contribution in [0, 0.1) is 5.82 Å². The maximum absolute atomic E-state index is 13.6. The fraction of sp³-hybridized carbons (Fsp3) is 0.300. The monoisotopic (exact) mass is 278 g/mol. The zero-order valence-electron chi connectivity index (χ0n) is 9.55. The van der Waals surface area contributed by atoms with Crippen LogP contribution >= 0.6 is 0 Å². The second kappa shape index (κ2) is 4.91. The van der Waals surface area contributed by atoms with E-state index in [0.717, 1.165) is 25.5 Å². The second-order valence-corrected chi connectivity index (χ2v) is 5.50. The van der Waals surface area contributed by atoms with E-state index in [4.69, 9.17) is 0 Å². The Morgan fingerprint density at radius 2 is 2.00 bits per heavy atom. The molecule has 0 amide bonds. The summed E-state index contributed by atoms with van der Waals surface area (Å²) in [7, 11) is -2.85. The molecule has 0 radical (unpaired) electrons. The Morgan fingerprint density at radius 3 is 2.44 bits per heavy atom. The summed E-state index contributed by atoms with van der Waals surface area (Å²) in [6.07, 6.45) is -1.13. The van der Waals surface area contributed by atoms with Crippen molar-refractivity contribution in [2.75, 3.05) is 13.4 Å². The number of hydrogen-bond acceptors (Lipinski definition) is 6. The van der Waals surface area contributed by atoms with Crippen LogP contribution in [-0.4, -0.2) is 38.0 Å². The van der Waals surface area contributed by atoms with Crippen molar-refractivity contribution in [3.8, 4) is 5.75 Å². The SMILES string of the molecule is COC(=O)C(O)c1ccc(S(C)(=O)=O)c(F)c1O. The van der Waals surface area contributed by atoms with Gasteiger partial charge in [0.15, 0.2) is 27.5 Å². The Morgan fingerprint density at radius 1 is 1.44 bits per heavy atom. The number of aliphatic hydroxyl groups is 1. The zero-order valence-corrected chi connectivity index (χ0v) is 10.4. The van der Waals surface area contributed by atoms with Gasteiger partial charge >= 0.3 is 5.97 Å². The van der Waals surface area contributed by atoms with E-state index in [1.54, 1.807) is 0 Å². The lowest BCUT2D eigenvalue weighted by molar-refractivity contribution is -0.150. The number of phenols is 1. The van der Waals surface area contributed by atoms with Gasteiger partial charge in [0.05, 0.1) is 7.11 Å². The van der Waals surface area contributed by atoms with Crippen LogP contribution in [0.1, 0.15) is 11.7 Å². The molecule has 1 aromatic carbocycles. The fourth-order valence-corrected chi connectivity index (χ4v) is 2.04. The molecule has 0 fully saturated rings. The summed E-state index contributed by atoms with van der Waals surface area (Å²) in [4.78, 5) is 10.3. The van der Waals surface area contributed by atoms with E-state index in [9.17, 15) is 27.8 Å². The lowest BCUT2D eigenvalue weighted by Crippen LogP contribution is -2.14. The minimum atomic E-state index is -3.86. The number of ether oxygens (including phenoxy) is 1. The largest absolute Gasteiger partial charge is 0.505 e. The number of phenolic OH excluding ortho intramolecular Hbond substituents is 1. The Balaban J connectivity index is 3.38. The van der Waals surface area contributed by atoms with Gasteiger partial charge in [0.25, 0.3) is 0 Å². The minimum Gasteiger partial charge on any atom is -0.505 e. The van der Waals surface area contributed by atoms with Crippen LogP contribution in [0.2, 0.25) is 0 Å². The topological polar surface area (TPSA) is 101 Å². The first-order valence-electron chi connectivity index (χ1n) is 4.67. The van der Waals surface area contributed by atoms with Crippen LogP contribution in [0.5, 0.6) is 5.75 Å². The molecule has 6 nitrogen and oxygen atoms in total. The molecule has 1 rings (SSSR count). The number of aliphatic hydroxyl groups excluding tert-OH is 1. The molecular formula is C10H11FO6S. The Bertz CT molecular complexity index is 580. The molecule has 1 aromatic rings. The second-order valence-electron chi connectivity index (χ2n) is 3.51. The summed E-state index contributed by atoms with van der Waals surface area (Å²) in [5.74, 6) is -3.62. The van der Waals surface area contributed by atoms with Gasteiger partial charge in [-0.25, -0.2) is 17.6 Å². The highest BCUT2D eigenvalue weighted by Gasteiger charge is 2.26. The molecule has 0 spiro atoms. The first-order valence-corrected chi connectivity index (χ1v) is 6.56. The molecule has 0 aliphatic heterocycles. The smallest absolute Gasteiger partial charge is 0.339 e. The average molecular weight is 278 g/mol. The number of carbonyl (C=O) groups excluding carboxylic acids is 1. The Labute approximate surface area is 103 Å². The van der Waals surface area contributed by atoms with Gasteiger partial charge in [-0.15, -0.1) is 0 Å². The normalized spacial score (nSPS) is 13.1. The predicted octanol–water partition coefficient (Wildman–Crippen LogP) is 0.141. The lowest BCUT2D eigenvalue weighted by Gasteiger charge is -2.12. The van der Waals surface area contributed by atoms with Gasteiger partial charge in [-0.05, 0) is 6.07 Å². The molecule has 1 atom stereocenters. The Hall–Kier alpha value is -1.67. The van der Waals surface area contributed by atoms with E-state index in [-0.39, 0.29) is 0 Å². The van der Waals surface area contributed by atoms with E-state index in [0.29, 0.717) is 0 Å². The number of hydrogen-bond donors (Lipinski definition) is 2. The summed E-state index contributed by atoms with van der Waals surface area (Å²) in [6, 6.07) is 1.79. The highest BCUT2D eigenvalue weighted by Crippen LogP contribution is 2.31. The van der Waals surface area contributed by atoms with Gasteiger partial charge in [-0.2, -0.15) is 0 Å². The first-order chi connectivity index (χ1) is 8.20. The maximum Gasteiger partial charge on any atom is 0.339 e. The predicted molar refractivity (Wildman–Crippen MR) is 58.2 cm³/mol. The highest BCUT2D eigenvalue weighted by atomic mass is 32.2. The zero-order chi connectivity index (χ0) is 14.1. The fourth-order valence-electron chi connectivity index (χ4n) is 1.31. The van der Waals surface area contributed by atoms with Crippen LogP contribution in [-0.2, 0) is 19.4 Å². The molecule has 0 aliphatic rings.